The maximum absolute atomic E-state index is 5.32. The van der Waals surface area contributed by atoms with Gasteiger partial charge in [0, 0.05) is 17.7 Å². The van der Waals surface area contributed by atoms with Gasteiger partial charge in [0.05, 0.1) is 14.2 Å². The summed E-state index contributed by atoms with van der Waals surface area (Å²) in [4.78, 5) is 0. The van der Waals surface area contributed by atoms with E-state index in [1.165, 1.54) is 12.0 Å². The number of hydrogen-bond acceptors (Lipinski definition) is 3. The van der Waals surface area contributed by atoms with Gasteiger partial charge in [0.2, 0.25) is 0 Å². The van der Waals surface area contributed by atoms with Gasteiger partial charge in [-0.15, -0.1) is 12.4 Å². The predicted molar refractivity (Wildman–Crippen MR) is 62.2 cm³/mol. The highest BCUT2D eigenvalue weighted by atomic mass is 35.5. The zero-order valence-corrected chi connectivity index (χ0v) is 9.76. The predicted octanol–water partition coefficient (Wildman–Crippen LogP) is 2.16. The topological polar surface area (TPSA) is 30.5 Å². The summed E-state index contributed by atoms with van der Waals surface area (Å²) in [5, 5.41) is 3.35. The van der Waals surface area contributed by atoms with Crippen LogP contribution in [0.3, 0.4) is 0 Å². The molecule has 0 saturated carbocycles. The Morgan fingerprint density at radius 1 is 1.27 bits per heavy atom. The molecule has 0 aliphatic carbocycles. The molecule has 1 aliphatic rings. The average Bonchev–Trinajstić information content (AvgIpc) is 2.16. The van der Waals surface area contributed by atoms with Crippen LogP contribution in [0.2, 0.25) is 0 Å². The van der Waals surface area contributed by atoms with Crippen LogP contribution in [-0.4, -0.2) is 20.8 Å². The van der Waals surface area contributed by atoms with Crippen LogP contribution in [0.1, 0.15) is 18.0 Å². The first-order valence-corrected chi connectivity index (χ1v) is 4.80. The van der Waals surface area contributed by atoms with Gasteiger partial charge < -0.3 is 14.8 Å². The standard InChI is InChI=1S/C11H15NO2.ClH/c1-13-8-3-4-9(10-5-6-12-10)11(7-8)14-2;/h3-4,7,10,12H,5-6H2,1-2H3;1H/t10-;/m0./s1. The molecule has 4 heteroatoms. The summed E-state index contributed by atoms with van der Waals surface area (Å²) < 4.78 is 10.5. The minimum Gasteiger partial charge on any atom is -0.497 e. The highest BCUT2D eigenvalue weighted by molar-refractivity contribution is 5.85. The van der Waals surface area contributed by atoms with Gasteiger partial charge in [0.15, 0.2) is 0 Å². The second kappa shape index (κ2) is 5.24. The molecule has 1 aromatic rings. The lowest BCUT2D eigenvalue weighted by molar-refractivity contribution is 0.349. The molecule has 1 atom stereocenters. The summed E-state index contributed by atoms with van der Waals surface area (Å²) in [6, 6.07) is 6.41. The van der Waals surface area contributed by atoms with E-state index in [4.69, 9.17) is 9.47 Å². The molecule has 1 aliphatic heterocycles. The monoisotopic (exact) mass is 229 g/mol. The molecule has 15 heavy (non-hydrogen) atoms. The Hall–Kier alpha value is -0.930. The molecule has 84 valence electrons. The maximum Gasteiger partial charge on any atom is 0.127 e. The number of ether oxygens (including phenoxy) is 2. The Balaban J connectivity index is 0.00000112. The first-order chi connectivity index (χ1) is 6.85. The summed E-state index contributed by atoms with van der Waals surface area (Å²) in [7, 11) is 3.35. The van der Waals surface area contributed by atoms with Gasteiger partial charge in [-0.25, -0.2) is 0 Å². The SMILES string of the molecule is COc1ccc([C@@H]2CCN2)c(OC)c1.Cl. The van der Waals surface area contributed by atoms with Gasteiger partial charge in [0.25, 0.3) is 0 Å². The van der Waals surface area contributed by atoms with Gasteiger partial charge in [0.1, 0.15) is 11.5 Å². The number of halogens is 1. The number of nitrogens with one attached hydrogen (secondary N) is 1. The second-order valence-corrected chi connectivity index (χ2v) is 3.40. The summed E-state index contributed by atoms with van der Waals surface area (Å²) >= 11 is 0. The summed E-state index contributed by atoms with van der Waals surface area (Å²) in [5.41, 5.74) is 1.22. The Morgan fingerprint density at radius 3 is 2.47 bits per heavy atom. The van der Waals surface area contributed by atoms with Crippen LogP contribution in [0.15, 0.2) is 18.2 Å². The van der Waals surface area contributed by atoms with Crippen molar-refractivity contribution in [2.75, 3.05) is 20.8 Å². The van der Waals surface area contributed by atoms with Gasteiger partial charge in [-0.1, -0.05) is 6.07 Å². The Kier molecular flexibility index (Phi) is 4.24. The molecule has 2 rings (SSSR count). The van der Waals surface area contributed by atoms with E-state index in [0.717, 1.165) is 18.0 Å². The fourth-order valence-electron chi connectivity index (χ4n) is 1.66. The molecular weight excluding hydrogens is 214 g/mol. The lowest BCUT2D eigenvalue weighted by atomic mass is 9.97. The molecule has 1 saturated heterocycles. The van der Waals surface area contributed by atoms with Crippen molar-refractivity contribution in [3.8, 4) is 11.5 Å². The summed E-state index contributed by atoms with van der Waals surface area (Å²) in [5.74, 6) is 1.74. The third-order valence-electron chi connectivity index (χ3n) is 2.64. The Morgan fingerprint density at radius 2 is 2.00 bits per heavy atom. The van der Waals surface area contributed by atoms with Crippen LogP contribution in [0, 0.1) is 0 Å². The minimum atomic E-state index is 0. The van der Waals surface area contributed by atoms with E-state index in [1.54, 1.807) is 14.2 Å². The molecule has 3 nitrogen and oxygen atoms in total. The van der Waals surface area contributed by atoms with Crippen molar-refractivity contribution in [3.63, 3.8) is 0 Å². The normalized spacial score (nSPS) is 18.7. The summed E-state index contributed by atoms with van der Waals surface area (Å²) in [6.45, 7) is 1.10. The van der Waals surface area contributed by atoms with Crippen LogP contribution in [-0.2, 0) is 0 Å². The van der Waals surface area contributed by atoms with Crippen molar-refractivity contribution in [3.05, 3.63) is 23.8 Å². The first-order valence-electron chi connectivity index (χ1n) is 4.80. The third-order valence-corrected chi connectivity index (χ3v) is 2.64. The molecule has 0 radical (unpaired) electrons. The average molecular weight is 230 g/mol. The molecule has 1 heterocycles. The van der Waals surface area contributed by atoms with Crippen LogP contribution in [0.4, 0.5) is 0 Å². The highest BCUT2D eigenvalue weighted by Gasteiger charge is 2.21. The first kappa shape index (κ1) is 12.1. The Labute approximate surface area is 96.2 Å². The number of rotatable bonds is 3. The van der Waals surface area contributed by atoms with Gasteiger partial charge in [-0.2, -0.15) is 0 Å². The van der Waals surface area contributed by atoms with E-state index in [-0.39, 0.29) is 12.4 Å². The van der Waals surface area contributed by atoms with Crippen molar-refractivity contribution < 1.29 is 9.47 Å². The van der Waals surface area contributed by atoms with Crippen LogP contribution >= 0.6 is 12.4 Å². The number of methoxy groups -OCH3 is 2. The van der Waals surface area contributed by atoms with E-state index in [2.05, 4.69) is 11.4 Å². The minimum absolute atomic E-state index is 0. The number of benzene rings is 1. The maximum atomic E-state index is 5.32. The largest absolute Gasteiger partial charge is 0.497 e. The fourth-order valence-corrected chi connectivity index (χ4v) is 1.66. The smallest absolute Gasteiger partial charge is 0.127 e. The van der Waals surface area contributed by atoms with Gasteiger partial charge in [-0.3, -0.25) is 0 Å². The lowest BCUT2D eigenvalue weighted by Gasteiger charge is -2.29. The quantitative estimate of drug-likeness (QED) is 0.862. The fraction of sp³-hybridized carbons (Fsp3) is 0.455. The molecule has 1 aromatic carbocycles. The number of hydrogen-bond donors (Lipinski definition) is 1. The molecule has 0 amide bonds. The molecule has 1 N–H and O–H groups in total. The van der Waals surface area contributed by atoms with Crippen molar-refractivity contribution >= 4 is 12.4 Å². The highest BCUT2D eigenvalue weighted by Crippen LogP contribution is 2.33. The van der Waals surface area contributed by atoms with Crippen LogP contribution in [0.5, 0.6) is 11.5 Å². The molecule has 0 bridgehead atoms. The Bertz CT molecular complexity index is 326. The molecular formula is C11H16ClNO2. The van der Waals surface area contributed by atoms with E-state index < -0.39 is 0 Å². The molecule has 1 fully saturated rings. The van der Waals surface area contributed by atoms with E-state index in [0.29, 0.717) is 6.04 Å². The van der Waals surface area contributed by atoms with E-state index >= 15 is 0 Å². The lowest BCUT2D eigenvalue weighted by Crippen LogP contribution is -2.35. The van der Waals surface area contributed by atoms with E-state index in [9.17, 15) is 0 Å². The van der Waals surface area contributed by atoms with Gasteiger partial charge in [-0.05, 0) is 19.0 Å². The van der Waals surface area contributed by atoms with E-state index in [1.807, 2.05) is 12.1 Å². The van der Waals surface area contributed by atoms with Gasteiger partial charge >= 0.3 is 0 Å². The molecule has 0 aromatic heterocycles. The van der Waals surface area contributed by atoms with Crippen molar-refractivity contribution in [2.24, 2.45) is 0 Å². The second-order valence-electron chi connectivity index (χ2n) is 3.40. The molecule has 0 spiro atoms. The zero-order valence-electron chi connectivity index (χ0n) is 8.95. The third kappa shape index (κ3) is 2.36. The van der Waals surface area contributed by atoms with Crippen molar-refractivity contribution in [2.45, 2.75) is 12.5 Å². The summed E-state index contributed by atoms with van der Waals surface area (Å²) in [6.07, 6.45) is 1.18. The van der Waals surface area contributed by atoms with Crippen molar-refractivity contribution in [1.82, 2.24) is 5.32 Å². The molecule has 0 unspecified atom stereocenters. The van der Waals surface area contributed by atoms with Crippen LogP contribution < -0.4 is 14.8 Å². The zero-order chi connectivity index (χ0) is 9.97. The van der Waals surface area contributed by atoms with Crippen molar-refractivity contribution in [1.29, 1.82) is 0 Å². The van der Waals surface area contributed by atoms with Crippen LogP contribution in [0.25, 0.3) is 0 Å².